The zero-order chi connectivity index (χ0) is 15.2. The molecule has 3 N–H and O–H groups in total. The van der Waals surface area contributed by atoms with Crippen molar-refractivity contribution < 1.29 is 13.9 Å². The molecule has 5 nitrogen and oxygen atoms in total. The van der Waals surface area contributed by atoms with Crippen LogP contribution in [0.15, 0.2) is 18.2 Å². The molecule has 1 fully saturated rings. The summed E-state index contributed by atoms with van der Waals surface area (Å²) in [7, 11) is 0. The Kier molecular flexibility index (Phi) is 5.52. The average Bonchev–Trinajstić information content (AvgIpc) is 2.48. The number of hydrogen-bond acceptors (Lipinski definition) is 4. The predicted octanol–water partition coefficient (Wildman–Crippen LogP) is 1.85. The number of anilines is 2. The van der Waals surface area contributed by atoms with E-state index in [1.165, 1.54) is 18.2 Å². The highest BCUT2D eigenvalue weighted by molar-refractivity contribution is 5.93. The molecule has 21 heavy (non-hydrogen) atoms. The van der Waals surface area contributed by atoms with E-state index in [-0.39, 0.29) is 11.6 Å². The molecule has 1 saturated heterocycles. The van der Waals surface area contributed by atoms with E-state index in [4.69, 9.17) is 10.5 Å². The monoisotopic (exact) mass is 295 g/mol. The first-order valence-electron chi connectivity index (χ1n) is 7.26. The fraction of sp³-hybridized carbons (Fsp3) is 0.533. The zero-order valence-corrected chi connectivity index (χ0v) is 12.3. The van der Waals surface area contributed by atoms with Crippen LogP contribution in [-0.4, -0.2) is 43.2 Å². The van der Waals surface area contributed by atoms with Crippen LogP contribution in [0.25, 0.3) is 0 Å². The number of morpholine rings is 1. The second-order valence-corrected chi connectivity index (χ2v) is 5.20. The average molecular weight is 295 g/mol. The summed E-state index contributed by atoms with van der Waals surface area (Å²) in [6.45, 7) is 5.09. The van der Waals surface area contributed by atoms with E-state index in [0.29, 0.717) is 31.3 Å². The van der Waals surface area contributed by atoms with E-state index in [1.807, 2.05) is 0 Å². The quantitative estimate of drug-likeness (QED) is 0.814. The number of nitrogens with zero attached hydrogens (tertiary/aromatic N) is 1. The summed E-state index contributed by atoms with van der Waals surface area (Å²) in [6.07, 6.45) is 1.39. The first-order valence-corrected chi connectivity index (χ1v) is 7.26. The first kappa shape index (κ1) is 15.7. The number of nitrogens with two attached hydrogens (primary N) is 1. The third-order valence-electron chi connectivity index (χ3n) is 3.73. The van der Waals surface area contributed by atoms with Gasteiger partial charge in [0.25, 0.3) is 0 Å². The number of carbonyl (C=O) groups is 1. The zero-order valence-electron chi connectivity index (χ0n) is 12.3. The fourth-order valence-corrected chi connectivity index (χ4v) is 2.46. The second kappa shape index (κ2) is 7.38. The Morgan fingerprint density at radius 1 is 1.57 bits per heavy atom. The van der Waals surface area contributed by atoms with Crippen molar-refractivity contribution >= 4 is 17.3 Å². The van der Waals surface area contributed by atoms with E-state index in [9.17, 15) is 9.18 Å². The number of nitrogens with one attached hydrogen (secondary N) is 1. The summed E-state index contributed by atoms with van der Waals surface area (Å²) in [5, 5.41) is 2.72. The molecule has 0 aliphatic carbocycles. The van der Waals surface area contributed by atoms with Crippen LogP contribution < -0.4 is 11.1 Å². The van der Waals surface area contributed by atoms with Gasteiger partial charge in [-0.1, -0.05) is 6.92 Å². The van der Waals surface area contributed by atoms with Crippen LogP contribution in [-0.2, 0) is 9.53 Å². The van der Waals surface area contributed by atoms with Crippen molar-refractivity contribution in [3.05, 3.63) is 24.0 Å². The van der Waals surface area contributed by atoms with Crippen LogP contribution in [0.4, 0.5) is 15.8 Å². The molecule has 0 radical (unpaired) electrons. The topological polar surface area (TPSA) is 67.6 Å². The molecule has 6 heteroatoms. The standard InChI is InChI=1S/C15H22FN3O2/c1-2-12-10-21-8-7-19(12)6-5-15(20)18-14-4-3-11(16)9-13(14)17/h3-4,9,12H,2,5-8,10,17H2,1H3,(H,18,20). The Labute approximate surface area is 124 Å². The van der Waals surface area contributed by atoms with Gasteiger partial charge in [0.05, 0.1) is 24.6 Å². The van der Waals surface area contributed by atoms with E-state index < -0.39 is 5.82 Å². The lowest BCUT2D eigenvalue weighted by atomic mass is 10.1. The van der Waals surface area contributed by atoms with Gasteiger partial charge in [0.1, 0.15) is 5.82 Å². The number of hydrogen-bond donors (Lipinski definition) is 2. The van der Waals surface area contributed by atoms with Crippen molar-refractivity contribution in [2.45, 2.75) is 25.8 Å². The predicted molar refractivity (Wildman–Crippen MR) is 80.5 cm³/mol. The molecule has 1 amide bonds. The van der Waals surface area contributed by atoms with Gasteiger partial charge in [0.15, 0.2) is 0 Å². The lowest BCUT2D eigenvalue weighted by Gasteiger charge is -2.34. The molecule has 0 saturated carbocycles. The Morgan fingerprint density at radius 3 is 3.10 bits per heavy atom. The largest absolute Gasteiger partial charge is 0.397 e. The van der Waals surface area contributed by atoms with E-state index >= 15 is 0 Å². The van der Waals surface area contributed by atoms with E-state index in [1.54, 1.807) is 0 Å². The summed E-state index contributed by atoms with van der Waals surface area (Å²) >= 11 is 0. The highest BCUT2D eigenvalue weighted by Crippen LogP contribution is 2.19. The van der Waals surface area contributed by atoms with Crippen molar-refractivity contribution in [1.29, 1.82) is 0 Å². The van der Waals surface area contributed by atoms with Crippen molar-refractivity contribution in [3.63, 3.8) is 0 Å². The Balaban J connectivity index is 1.84. The van der Waals surface area contributed by atoms with Crippen LogP contribution in [0.2, 0.25) is 0 Å². The molecule has 1 atom stereocenters. The van der Waals surface area contributed by atoms with Gasteiger partial charge in [-0.05, 0) is 24.6 Å². The van der Waals surface area contributed by atoms with Gasteiger partial charge in [-0.3, -0.25) is 9.69 Å². The van der Waals surface area contributed by atoms with Crippen LogP contribution in [0, 0.1) is 5.82 Å². The van der Waals surface area contributed by atoms with Crippen molar-refractivity contribution in [2.24, 2.45) is 0 Å². The van der Waals surface area contributed by atoms with Crippen LogP contribution >= 0.6 is 0 Å². The number of halogens is 1. The van der Waals surface area contributed by atoms with E-state index in [0.717, 1.165) is 19.6 Å². The van der Waals surface area contributed by atoms with Crippen LogP contribution in [0.3, 0.4) is 0 Å². The fourth-order valence-electron chi connectivity index (χ4n) is 2.46. The summed E-state index contributed by atoms with van der Waals surface area (Å²) in [5.41, 5.74) is 6.36. The number of ether oxygens (including phenoxy) is 1. The van der Waals surface area contributed by atoms with Crippen molar-refractivity contribution in [1.82, 2.24) is 4.90 Å². The molecular formula is C15H22FN3O2. The number of benzene rings is 1. The molecule has 0 bridgehead atoms. The molecule has 1 aromatic rings. The Morgan fingerprint density at radius 2 is 2.38 bits per heavy atom. The summed E-state index contributed by atoms with van der Waals surface area (Å²) < 4.78 is 18.4. The molecule has 116 valence electrons. The van der Waals surface area contributed by atoms with Gasteiger partial charge in [0.2, 0.25) is 5.91 Å². The molecule has 0 spiro atoms. The maximum Gasteiger partial charge on any atom is 0.225 e. The molecule has 1 heterocycles. The minimum Gasteiger partial charge on any atom is -0.397 e. The minimum absolute atomic E-state index is 0.116. The van der Waals surface area contributed by atoms with E-state index in [2.05, 4.69) is 17.1 Å². The van der Waals surface area contributed by atoms with Crippen molar-refractivity contribution in [2.75, 3.05) is 37.4 Å². The third-order valence-corrected chi connectivity index (χ3v) is 3.73. The molecule has 1 aliphatic heterocycles. The van der Waals surface area contributed by atoms with Gasteiger partial charge >= 0.3 is 0 Å². The molecule has 0 aromatic heterocycles. The maximum absolute atomic E-state index is 12.9. The van der Waals surface area contributed by atoms with Crippen LogP contribution in [0.1, 0.15) is 19.8 Å². The molecule has 1 aromatic carbocycles. The lowest BCUT2D eigenvalue weighted by molar-refractivity contribution is -0.117. The second-order valence-electron chi connectivity index (χ2n) is 5.20. The smallest absolute Gasteiger partial charge is 0.225 e. The molecule has 1 unspecified atom stereocenters. The van der Waals surface area contributed by atoms with Gasteiger partial charge < -0.3 is 15.8 Å². The third kappa shape index (κ3) is 4.41. The van der Waals surface area contributed by atoms with Gasteiger partial charge in [-0.2, -0.15) is 0 Å². The van der Waals surface area contributed by atoms with Gasteiger partial charge in [-0.15, -0.1) is 0 Å². The summed E-state index contributed by atoms with van der Waals surface area (Å²) in [5.74, 6) is -0.528. The molecule has 2 rings (SSSR count). The molecular weight excluding hydrogens is 273 g/mol. The normalized spacial score (nSPS) is 19.4. The first-order chi connectivity index (χ1) is 10.1. The minimum atomic E-state index is -0.412. The van der Waals surface area contributed by atoms with Crippen molar-refractivity contribution in [3.8, 4) is 0 Å². The number of rotatable bonds is 5. The maximum atomic E-state index is 12.9. The number of nitrogen functional groups attached to an aromatic ring is 1. The summed E-state index contributed by atoms with van der Waals surface area (Å²) in [6, 6.07) is 4.33. The summed E-state index contributed by atoms with van der Waals surface area (Å²) in [4.78, 5) is 14.2. The van der Waals surface area contributed by atoms with Crippen LogP contribution in [0.5, 0.6) is 0 Å². The van der Waals surface area contributed by atoms with Gasteiger partial charge in [-0.25, -0.2) is 4.39 Å². The highest BCUT2D eigenvalue weighted by atomic mass is 19.1. The Hall–Kier alpha value is -1.66. The Bertz CT molecular complexity index is 496. The lowest BCUT2D eigenvalue weighted by Crippen LogP contribution is -2.46. The molecule has 1 aliphatic rings. The SMILES string of the molecule is CCC1COCCN1CCC(=O)Nc1ccc(F)cc1N. The number of carbonyl (C=O) groups excluding carboxylic acids is 1. The van der Waals surface area contributed by atoms with Gasteiger partial charge in [0, 0.05) is 25.6 Å². The highest BCUT2D eigenvalue weighted by Gasteiger charge is 2.21. The number of amides is 1.